The fourth-order valence-corrected chi connectivity index (χ4v) is 5.39. The number of hydrogen-bond donors (Lipinski definition) is 2. The molecule has 0 unspecified atom stereocenters. The molecule has 1 saturated heterocycles. The molecule has 0 bridgehead atoms. The zero-order valence-corrected chi connectivity index (χ0v) is 32.1. The Balaban J connectivity index is 0.000000204. The molecule has 62 heavy (non-hydrogen) atoms. The first-order chi connectivity index (χ1) is 29.4. The fraction of sp³-hybridized carbons (Fsp3) is 0.220. The lowest BCUT2D eigenvalue weighted by Gasteiger charge is -2.07. The summed E-state index contributed by atoms with van der Waals surface area (Å²) >= 11 is 0. The number of carbonyl (C=O) groups excluding carboxylic acids is 3. The largest absolute Gasteiger partial charge is 0.481 e. The van der Waals surface area contributed by atoms with Gasteiger partial charge in [-0.1, -0.05) is 54.6 Å². The van der Waals surface area contributed by atoms with E-state index in [1.165, 1.54) is 24.3 Å². The highest BCUT2D eigenvalue weighted by Crippen LogP contribution is 2.31. The topological polar surface area (TPSA) is 227 Å². The number of aliphatic carboxylic acids is 1. The van der Waals surface area contributed by atoms with Gasteiger partial charge in [0.05, 0.1) is 11.1 Å². The number of ketones is 1. The molecule has 21 heteroatoms. The molecule has 0 amide bonds. The van der Waals surface area contributed by atoms with Crippen molar-refractivity contribution in [3.05, 3.63) is 114 Å². The minimum absolute atomic E-state index is 0.0533. The van der Waals surface area contributed by atoms with Crippen LogP contribution in [0.4, 0.5) is 32.0 Å². The van der Waals surface area contributed by atoms with E-state index in [4.69, 9.17) is 10.8 Å². The molecule has 4 aromatic carbocycles. The lowest BCUT2D eigenvalue weighted by Crippen LogP contribution is -2.17. The molecular weight excluding hydrogens is 828 g/mol. The van der Waals surface area contributed by atoms with Crippen molar-refractivity contribution in [1.29, 1.82) is 0 Å². The summed E-state index contributed by atoms with van der Waals surface area (Å²) in [7, 11) is 0. The molecule has 0 saturated carbocycles. The molecular formula is C41H33F6N9O6. The number of benzene rings is 4. The maximum atomic E-state index is 12.7. The summed E-state index contributed by atoms with van der Waals surface area (Å²) in [5.41, 5.74) is 7.42. The van der Waals surface area contributed by atoms with Crippen LogP contribution >= 0.6 is 0 Å². The third-order valence-electron chi connectivity index (χ3n) is 8.47. The van der Waals surface area contributed by atoms with E-state index in [1.807, 2.05) is 0 Å². The van der Waals surface area contributed by atoms with E-state index in [1.54, 1.807) is 48.5 Å². The SMILES string of the molecule is Nc1cccc(-c2nnc(-c3ccc(C(F)(F)F)cc3)nn2)c1.O=C(O)CCCC(=O)Cc1cccc(-c2nnc(-c3ccc(C(F)(F)F)cc3)nn2)c1.O=C1CCCC(=O)O1. The van der Waals surface area contributed by atoms with Gasteiger partial charge < -0.3 is 15.6 Å². The normalized spacial score (nSPS) is 12.5. The monoisotopic (exact) mass is 861 g/mol. The van der Waals surface area contributed by atoms with Crippen molar-refractivity contribution in [3.63, 3.8) is 0 Å². The Bertz CT molecular complexity index is 2470. The Morgan fingerprint density at radius 1 is 0.581 bits per heavy atom. The number of cyclic esters (lactones) is 2. The van der Waals surface area contributed by atoms with Gasteiger partial charge in [0.1, 0.15) is 5.78 Å². The maximum absolute atomic E-state index is 12.7. The number of carboxylic acid groups (broad SMARTS) is 1. The quantitative estimate of drug-likeness (QED) is 0.0591. The van der Waals surface area contributed by atoms with Gasteiger partial charge in [-0.05, 0) is 60.9 Å². The fourth-order valence-electron chi connectivity index (χ4n) is 5.39. The van der Waals surface area contributed by atoms with Gasteiger partial charge in [-0.25, -0.2) is 0 Å². The van der Waals surface area contributed by atoms with E-state index in [9.17, 15) is 45.5 Å². The van der Waals surface area contributed by atoms with Gasteiger partial charge in [0, 0.05) is 60.0 Å². The summed E-state index contributed by atoms with van der Waals surface area (Å²) in [6, 6.07) is 22.7. The van der Waals surface area contributed by atoms with Crippen LogP contribution in [0.5, 0.6) is 0 Å². The molecule has 320 valence electrons. The number of anilines is 1. The van der Waals surface area contributed by atoms with Gasteiger partial charge >= 0.3 is 30.3 Å². The number of nitrogens with zero attached hydrogens (tertiary/aromatic N) is 8. The smallest absolute Gasteiger partial charge is 0.416 e. The number of carbonyl (C=O) groups is 4. The van der Waals surface area contributed by atoms with Gasteiger partial charge in [-0.15, -0.1) is 40.8 Å². The van der Waals surface area contributed by atoms with Crippen LogP contribution in [-0.4, -0.2) is 69.6 Å². The van der Waals surface area contributed by atoms with Gasteiger partial charge in [-0.2, -0.15) is 26.3 Å². The second-order valence-corrected chi connectivity index (χ2v) is 13.2. The van der Waals surface area contributed by atoms with Crippen LogP contribution in [0.15, 0.2) is 97.1 Å². The highest BCUT2D eigenvalue weighted by molar-refractivity contribution is 5.87. The summed E-state index contributed by atoms with van der Waals surface area (Å²) in [5.74, 6) is -1.07. The van der Waals surface area contributed by atoms with Gasteiger partial charge in [-0.3, -0.25) is 19.2 Å². The average molecular weight is 862 g/mol. The van der Waals surface area contributed by atoms with Crippen molar-refractivity contribution in [2.45, 2.75) is 57.3 Å². The average Bonchev–Trinajstić information content (AvgIpc) is 3.24. The highest BCUT2D eigenvalue weighted by atomic mass is 19.4. The van der Waals surface area contributed by atoms with Crippen LogP contribution in [-0.2, 0) is 42.7 Å². The van der Waals surface area contributed by atoms with Gasteiger partial charge in [0.2, 0.25) is 23.3 Å². The van der Waals surface area contributed by atoms with Crippen molar-refractivity contribution >= 4 is 29.4 Å². The van der Waals surface area contributed by atoms with E-state index in [0.717, 1.165) is 24.3 Å². The molecule has 3 N–H and O–H groups in total. The number of ether oxygens (including phenoxy) is 1. The summed E-state index contributed by atoms with van der Waals surface area (Å²) in [4.78, 5) is 43.0. The summed E-state index contributed by atoms with van der Waals surface area (Å²) < 4.78 is 79.8. The number of hydrogen-bond acceptors (Lipinski definition) is 14. The van der Waals surface area contributed by atoms with Crippen molar-refractivity contribution in [2.24, 2.45) is 0 Å². The Morgan fingerprint density at radius 2 is 1.00 bits per heavy atom. The molecule has 0 aliphatic carbocycles. The number of esters is 2. The molecule has 0 spiro atoms. The molecule has 15 nitrogen and oxygen atoms in total. The first-order valence-electron chi connectivity index (χ1n) is 18.4. The van der Waals surface area contributed by atoms with E-state index in [2.05, 4.69) is 45.5 Å². The van der Waals surface area contributed by atoms with Crippen molar-refractivity contribution in [2.75, 3.05) is 5.73 Å². The van der Waals surface area contributed by atoms with Crippen molar-refractivity contribution < 1.29 is 55.4 Å². The van der Waals surface area contributed by atoms with E-state index in [-0.39, 0.29) is 66.7 Å². The van der Waals surface area contributed by atoms with E-state index in [0.29, 0.717) is 52.8 Å². The lowest BCUT2D eigenvalue weighted by atomic mass is 10.0. The summed E-state index contributed by atoms with van der Waals surface area (Å²) in [6.45, 7) is 0. The zero-order chi connectivity index (χ0) is 44.9. The molecule has 1 aliphatic heterocycles. The van der Waals surface area contributed by atoms with E-state index < -0.39 is 29.4 Å². The lowest BCUT2D eigenvalue weighted by molar-refractivity contribution is -0.163. The molecule has 1 fully saturated rings. The number of halogens is 6. The molecule has 0 radical (unpaired) electrons. The number of aromatic nitrogens is 8. The van der Waals surface area contributed by atoms with Crippen LogP contribution in [0.3, 0.4) is 0 Å². The van der Waals surface area contributed by atoms with Crippen LogP contribution in [0.1, 0.15) is 55.2 Å². The molecule has 2 aromatic heterocycles. The predicted octanol–water partition coefficient (Wildman–Crippen LogP) is 7.43. The summed E-state index contributed by atoms with van der Waals surface area (Å²) in [6.07, 6.45) is -6.81. The molecule has 0 atom stereocenters. The third-order valence-corrected chi connectivity index (χ3v) is 8.47. The molecule has 3 heterocycles. The first kappa shape index (κ1) is 45.5. The number of nitrogen functional groups attached to an aromatic ring is 1. The third kappa shape index (κ3) is 13.7. The van der Waals surface area contributed by atoms with Gasteiger partial charge in [0.15, 0.2) is 0 Å². The predicted molar refractivity (Wildman–Crippen MR) is 207 cm³/mol. The highest BCUT2D eigenvalue weighted by Gasteiger charge is 2.31. The minimum Gasteiger partial charge on any atom is -0.481 e. The van der Waals surface area contributed by atoms with Gasteiger partial charge in [0.25, 0.3) is 0 Å². The maximum Gasteiger partial charge on any atom is 0.416 e. The standard InChI is InChI=1S/C21H17F3N4O3.C15H10F3N5.C5H6O3/c22-21(23,24)16-9-7-14(8-10-16)19-25-27-20(28-26-19)15-4-1-3-13(11-15)12-17(29)5-2-6-18(30)31;16-15(17,18)11-6-4-9(5-7-11)13-20-22-14(23-21-13)10-2-1-3-12(19)8-10;6-4-2-1-3-5(7)8-4/h1,3-4,7-11H,2,5-6,12H2,(H,30,31);1-8H,19H2;1-3H2. The van der Waals surface area contributed by atoms with Crippen LogP contribution in [0, 0.1) is 0 Å². The Kier molecular flexibility index (Phi) is 15.1. The molecule has 7 rings (SSSR count). The second-order valence-electron chi connectivity index (χ2n) is 13.2. The summed E-state index contributed by atoms with van der Waals surface area (Å²) in [5, 5.41) is 40.2. The number of alkyl halides is 6. The minimum atomic E-state index is -4.43. The number of rotatable bonds is 10. The Morgan fingerprint density at radius 3 is 1.39 bits per heavy atom. The van der Waals surface area contributed by atoms with Crippen LogP contribution in [0.2, 0.25) is 0 Å². The second kappa shape index (κ2) is 20.6. The molecule has 1 aliphatic rings. The number of Topliss-reactive ketones (excluding diaryl/α,β-unsaturated/α-hetero) is 1. The Labute approximate surface area is 347 Å². The van der Waals surface area contributed by atoms with Crippen LogP contribution < -0.4 is 5.73 Å². The van der Waals surface area contributed by atoms with Crippen molar-refractivity contribution in [3.8, 4) is 45.6 Å². The van der Waals surface area contributed by atoms with Crippen LogP contribution in [0.25, 0.3) is 45.6 Å². The first-order valence-corrected chi connectivity index (χ1v) is 18.4. The zero-order valence-electron chi connectivity index (χ0n) is 32.1. The van der Waals surface area contributed by atoms with E-state index >= 15 is 0 Å². The Hall–Kier alpha value is -7.58. The number of nitrogens with two attached hydrogens (primary N) is 1. The number of carboxylic acids is 1. The van der Waals surface area contributed by atoms with Crippen molar-refractivity contribution in [1.82, 2.24) is 40.8 Å². The molecule has 6 aromatic rings.